The normalized spacial score (nSPS) is 9.89. The van der Waals surface area contributed by atoms with Gasteiger partial charge < -0.3 is 15.0 Å². The topological polar surface area (TPSA) is 65.4 Å². The predicted molar refractivity (Wildman–Crippen MR) is 69.4 cm³/mol. The van der Waals surface area contributed by atoms with E-state index in [1.807, 2.05) is 25.1 Å². The lowest BCUT2D eigenvalue weighted by Gasteiger charge is -2.11. The number of rotatable bonds is 6. The van der Waals surface area contributed by atoms with Gasteiger partial charge in [0.1, 0.15) is 18.8 Å². The van der Waals surface area contributed by atoms with Crippen LogP contribution in [0.15, 0.2) is 24.3 Å². The lowest BCUT2D eigenvalue weighted by Crippen LogP contribution is -2.19. The van der Waals surface area contributed by atoms with Crippen LogP contribution >= 0.6 is 0 Å². The lowest BCUT2D eigenvalue weighted by molar-refractivity contribution is -0.115. The maximum absolute atomic E-state index is 11.2. The van der Waals surface area contributed by atoms with Crippen molar-refractivity contribution in [3.05, 3.63) is 24.3 Å². The zero-order valence-electron chi connectivity index (χ0n) is 10.6. The Labute approximate surface area is 107 Å². The third kappa shape index (κ3) is 5.32. The molecule has 1 rings (SSSR count). The fourth-order valence-corrected chi connectivity index (χ4v) is 1.29. The number of carbonyl (C=O) groups is 1. The molecule has 0 bridgehead atoms. The quantitative estimate of drug-likeness (QED) is 0.827. The first-order chi connectivity index (χ1) is 8.61. The predicted octanol–water partition coefficient (Wildman–Crippen LogP) is 1.48. The number of likely N-dealkylation sites (N-methyl/N-ethyl adjacent to an activating group) is 1. The Balaban J connectivity index is 2.51. The third-order valence-corrected chi connectivity index (χ3v) is 2.16. The third-order valence-electron chi connectivity index (χ3n) is 2.16. The summed E-state index contributed by atoms with van der Waals surface area (Å²) < 4.78 is 5.54. The van der Waals surface area contributed by atoms with Gasteiger partial charge in [0.05, 0.1) is 6.07 Å². The van der Waals surface area contributed by atoms with Crippen LogP contribution in [-0.2, 0) is 4.79 Å². The molecule has 0 aliphatic carbocycles. The Kier molecular flexibility index (Phi) is 5.68. The summed E-state index contributed by atoms with van der Waals surface area (Å²) in [5, 5.41) is 11.0. The van der Waals surface area contributed by atoms with Crippen molar-refractivity contribution < 1.29 is 9.53 Å². The number of nitriles is 1. The minimum atomic E-state index is -0.317. The van der Waals surface area contributed by atoms with Crippen LogP contribution in [0.25, 0.3) is 0 Å². The first kappa shape index (κ1) is 14.0. The molecule has 0 unspecified atom stereocenters. The standard InChI is InChI=1S/C13H17N3O2/c1-16(2)8-9-18-12-5-3-4-11(10-12)15-13(17)6-7-14/h3-5,10H,6,8-9H2,1-2H3,(H,15,17). The summed E-state index contributed by atoms with van der Waals surface area (Å²) in [6, 6.07) is 8.93. The van der Waals surface area contributed by atoms with E-state index in [1.165, 1.54) is 0 Å². The molecule has 0 saturated heterocycles. The summed E-state index contributed by atoms with van der Waals surface area (Å²) >= 11 is 0. The van der Waals surface area contributed by atoms with Gasteiger partial charge in [0, 0.05) is 18.3 Å². The van der Waals surface area contributed by atoms with Crippen molar-refractivity contribution in [2.24, 2.45) is 0 Å². The first-order valence-corrected chi connectivity index (χ1v) is 5.66. The Bertz CT molecular complexity index is 438. The van der Waals surface area contributed by atoms with Crippen molar-refractivity contribution in [2.45, 2.75) is 6.42 Å². The number of ether oxygens (including phenoxy) is 1. The Morgan fingerprint density at radius 3 is 2.94 bits per heavy atom. The summed E-state index contributed by atoms with van der Waals surface area (Å²) in [5.74, 6) is 0.384. The molecule has 1 aromatic rings. The van der Waals surface area contributed by atoms with Crippen LogP contribution in [0.2, 0.25) is 0 Å². The van der Waals surface area contributed by atoms with E-state index in [1.54, 1.807) is 24.3 Å². The second-order valence-electron chi connectivity index (χ2n) is 4.06. The largest absolute Gasteiger partial charge is 0.492 e. The van der Waals surface area contributed by atoms with Crippen LogP contribution in [0.3, 0.4) is 0 Å². The maximum atomic E-state index is 11.2. The van der Waals surface area contributed by atoms with Gasteiger partial charge in [-0.15, -0.1) is 0 Å². The highest BCUT2D eigenvalue weighted by Crippen LogP contribution is 2.17. The van der Waals surface area contributed by atoms with E-state index in [4.69, 9.17) is 10.00 Å². The second-order valence-corrected chi connectivity index (χ2v) is 4.06. The summed E-state index contributed by atoms with van der Waals surface area (Å²) in [6.07, 6.45) is -0.147. The lowest BCUT2D eigenvalue weighted by atomic mass is 10.3. The van der Waals surface area contributed by atoms with Crippen LogP contribution in [0.1, 0.15) is 6.42 Å². The molecular weight excluding hydrogens is 230 g/mol. The van der Waals surface area contributed by atoms with E-state index in [-0.39, 0.29) is 12.3 Å². The molecule has 5 nitrogen and oxygen atoms in total. The van der Waals surface area contributed by atoms with E-state index in [9.17, 15) is 4.79 Å². The van der Waals surface area contributed by atoms with Crippen LogP contribution in [-0.4, -0.2) is 38.1 Å². The van der Waals surface area contributed by atoms with Crippen molar-refractivity contribution in [3.63, 3.8) is 0 Å². The van der Waals surface area contributed by atoms with E-state index in [0.29, 0.717) is 18.0 Å². The monoisotopic (exact) mass is 247 g/mol. The second kappa shape index (κ2) is 7.30. The van der Waals surface area contributed by atoms with Gasteiger partial charge in [-0.1, -0.05) is 6.07 Å². The van der Waals surface area contributed by atoms with Crippen LogP contribution in [0.5, 0.6) is 5.75 Å². The number of hydrogen-bond donors (Lipinski definition) is 1. The minimum Gasteiger partial charge on any atom is -0.492 e. The van der Waals surface area contributed by atoms with Gasteiger partial charge in [-0.2, -0.15) is 5.26 Å². The van der Waals surface area contributed by atoms with Crippen LogP contribution < -0.4 is 10.1 Å². The fraction of sp³-hybridized carbons (Fsp3) is 0.385. The fourth-order valence-electron chi connectivity index (χ4n) is 1.29. The number of amides is 1. The van der Waals surface area contributed by atoms with Crippen molar-refractivity contribution in [1.82, 2.24) is 4.90 Å². The Morgan fingerprint density at radius 2 is 2.28 bits per heavy atom. The number of nitrogens with zero attached hydrogens (tertiary/aromatic N) is 2. The van der Waals surface area contributed by atoms with Crippen molar-refractivity contribution in [3.8, 4) is 11.8 Å². The smallest absolute Gasteiger partial charge is 0.238 e. The molecule has 0 heterocycles. The van der Waals surface area contributed by atoms with Crippen molar-refractivity contribution >= 4 is 11.6 Å². The average Bonchev–Trinajstić information content (AvgIpc) is 2.29. The minimum absolute atomic E-state index is 0.147. The average molecular weight is 247 g/mol. The number of nitrogens with one attached hydrogen (secondary N) is 1. The molecule has 5 heteroatoms. The molecule has 96 valence electrons. The molecule has 0 spiro atoms. The number of benzene rings is 1. The van der Waals surface area contributed by atoms with E-state index >= 15 is 0 Å². The number of anilines is 1. The van der Waals surface area contributed by atoms with Gasteiger partial charge in [0.25, 0.3) is 0 Å². The summed E-state index contributed by atoms with van der Waals surface area (Å²) in [6.45, 7) is 1.41. The SMILES string of the molecule is CN(C)CCOc1cccc(NC(=O)CC#N)c1. The van der Waals surface area contributed by atoms with E-state index in [2.05, 4.69) is 5.32 Å². The van der Waals surface area contributed by atoms with Crippen LogP contribution in [0.4, 0.5) is 5.69 Å². The zero-order valence-corrected chi connectivity index (χ0v) is 10.6. The van der Waals surface area contributed by atoms with Crippen LogP contribution in [0, 0.1) is 11.3 Å². The van der Waals surface area contributed by atoms with E-state index in [0.717, 1.165) is 6.54 Å². The van der Waals surface area contributed by atoms with Gasteiger partial charge in [0.2, 0.25) is 5.91 Å². The Morgan fingerprint density at radius 1 is 1.50 bits per heavy atom. The first-order valence-electron chi connectivity index (χ1n) is 5.66. The zero-order chi connectivity index (χ0) is 13.4. The molecule has 0 aliphatic rings. The molecular formula is C13H17N3O2. The molecule has 0 saturated carbocycles. The highest BCUT2D eigenvalue weighted by molar-refractivity contribution is 5.92. The van der Waals surface area contributed by atoms with Gasteiger partial charge >= 0.3 is 0 Å². The molecule has 0 radical (unpaired) electrons. The van der Waals surface area contributed by atoms with Crippen molar-refractivity contribution in [2.75, 3.05) is 32.6 Å². The highest BCUT2D eigenvalue weighted by atomic mass is 16.5. The molecule has 0 fully saturated rings. The molecule has 0 aromatic heterocycles. The van der Waals surface area contributed by atoms with Gasteiger partial charge in [-0.05, 0) is 26.2 Å². The highest BCUT2D eigenvalue weighted by Gasteiger charge is 2.02. The molecule has 1 N–H and O–H groups in total. The summed E-state index contributed by atoms with van der Waals surface area (Å²) in [5.41, 5.74) is 0.637. The molecule has 1 aromatic carbocycles. The Hall–Kier alpha value is -2.06. The number of carbonyl (C=O) groups excluding carboxylic acids is 1. The molecule has 0 aliphatic heterocycles. The molecule has 0 atom stereocenters. The van der Waals surface area contributed by atoms with E-state index < -0.39 is 0 Å². The molecule has 1 amide bonds. The van der Waals surface area contributed by atoms with Gasteiger partial charge in [-0.25, -0.2) is 0 Å². The summed E-state index contributed by atoms with van der Waals surface area (Å²) in [7, 11) is 3.95. The van der Waals surface area contributed by atoms with Gasteiger partial charge in [-0.3, -0.25) is 4.79 Å². The summed E-state index contributed by atoms with van der Waals surface area (Å²) in [4.78, 5) is 13.3. The molecule has 18 heavy (non-hydrogen) atoms. The van der Waals surface area contributed by atoms with Crippen molar-refractivity contribution in [1.29, 1.82) is 5.26 Å². The number of hydrogen-bond acceptors (Lipinski definition) is 4. The van der Waals surface area contributed by atoms with Gasteiger partial charge in [0.15, 0.2) is 0 Å². The maximum Gasteiger partial charge on any atom is 0.238 e.